The topological polar surface area (TPSA) is 26.0 Å². The first kappa shape index (κ1) is 11.2. The largest absolute Gasteiger partial charge is 0.441 e. The lowest BCUT2D eigenvalue weighted by Gasteiger charge is -1.94. The number of hydrogen-bond donors (Lipinski definition) is 0. The second kappa shape index (κ2) is 5.15. The highest BCUT2D eigenvalue weighted by atomic mass is 16.3. The Bertz CT molecular complexity index is 459. The first-order valence-corrected chi connectivity index (χ1v) is 6.15. The van der Waals surface area contributed by atoms with Crippen LogP contribution in [0, 0.1) is 6.92 Å². The number of rotatable bonds is 5. The fraction of sp³-hybridized carbons (Fsp3) is 0.500. The minimum Gasteiger partial charge on any atom is -0.441 e. The van der Waals surface area contributed by atoms with Gasteiger partial charge in [0.05, 0.1) is 0 Å². The lowest BCUT2D eigenvalue weighted by Crippen LogP contribution is -1.84. The highest BCUT2D eigenvalue weighted by Gasteiger charge is 2.04. The van der Waals surface area contributed by atoms with Crippen LogP contribution < -0.4 is 0 Å². The molecule has 0 radical (unpaired) electrons. The quantitative estimate of drug-likeness (QED) is 0.699. The Morgan fingerprint density at radius 3 is 2.88 bits per heavy atom. The SMILES string of the molecule is CCCCCCc1nc2ccc(C)cc2o1. The van der Waals surface area contributed by atoms with E-state index in [0.29, 0.717) is 0 Å². The Morgan fingerprint density at radius 2 is 2.06 bits per heavy atom. The number of nitrogens with zero attached hydrogens (tertiary/aromatic N) is 1. The maximum absolute atomic E-state index is 5.72. The Kier molecular flexibility index (Phi) is 3.60. The third kappa shape index (κ3) is 2.63. The van der Waals surface area contributed by atoms with Gasteiger partial charge in [-0.3, -0.25) is 0 Å². The van der Waals surface area contributed by atoms with Gasteiger partial charge in [-0.05, 0) is 31.0 Å². The molecule has 0 aliphatic carbocycles. The van der Waals surface area contributed by atoms with E-state index in [2.05, 4.69) is 31.0 Å². The first-order valence-electron chi connectivity index (χ1n) is 6.15. The molecule has 0 amide bonds. The van der Waals surface area contributed by atoms with Crippen molar-refractivity contribution in [2.45, 2.75) is 46.0 Å². The third-order valence-electron chi connectivity index (χ3n) is 2.83. The van der Waals surface area contributed by atoms with Crippen LogP contribution in [-0.4, -0.2) is 4.98 Å². The van der Waals surface area contributed by atoms with Gasteiger partial charge in [-0.15, -0.1) is 0 Å². The second-order valence-corrected chi connectivity index (χ2v) is 4.39. The van der Waals surface area contributed by atoms with Crippen LogP contribution >= 0.6 is 0 Å². The summed E-state index contributed by atoms with van der Waals surface area (Å²) in [5.74, 6) is 0.886. The molecule has 2 aromatic rings. The molecule has 0 bridgehead atoms. The molecule has 1 aromatic carbocycles. The van der Waals surface area contributed by atoms with Crippen LogP contribution in [0.4, 0.5) is 0 Å². The van der Waals surface area contributed by atoms with Gasteiger partial charge in [-0.1, -0.05) is 32.3 Å². The number of hydrogen-bond acceptors (Lipinski definition) is 2. The van der Waals surface area contributed by atoms with Crippen molar-refractivity contribution in [1.82, 2.24) is 4.98 Å². The van der Waals surface area contributed by atoms with Crippen LogP contribution in [0.2, 0.25) is 0 Å². The average Bonchev–Trinajstić information content (AvgIpc) is 2.66. The third-order valence-corrected chi connectivity index (χ3v) is 2.83. The standard InChI is InChI=1S/C14H19NO/c1-3-4-5-6-7-14-15-12-9-8-11(2)10-13(12)16-14/h8-10H,3-7H2,1-2H3. The first-order chi connectivity index (χ1) is 7.79. The van der Waals surface area contributed by atoms with Crippen molar-refractivity contribution in [3.63, 3.8) is 0 Å². The summed E-state index contributed by atoms with van der Waals surface area (Å²) >= 11 is 0. The zero-order chi connectivity index (χ0) is 11.4. The van der Waals surface area contributed by atoms with Crippen LogP contribution in [0.3, 0.4) is 0 Å². The highest BCUT2D eigenvalue weighted by Crippen LogP contribution is 2.18. The van der Waals surface area contributed by atoms with Crippen molar-refractivity contribution >= 4 is 11.1 Å². The summed E-state index contributed by atoms with van der Waals surface area (Å²) in [5, 5.41) is 0. The molecule has 0 aliphatic rings. The van der Waals surface area contributed by atoms with E-state index in [1.54, 1.807) is 0 Å². The van der Waals surface area contributed by atoms with Crippen molar-refractivity contribution in [1.29, 1.82) is 0 Å². The fourth-order valence-corrected chi connectivity index (χ4v) is 1.89. The van der Waals surface area contributed by atoms with Crippen LogP contribution in [0.1, 0.15) is 44.1 Å². The van der Waals surface area contributed by atoms with Gasteiger partial charge in [0.1, 0.15) is 5.52 Å². The van der Waals surface area contributed by atoms with Crippen molar-refractivity contribution in [2.75, 3.05) is 0 Å². The van der Waals surface area contributed by atoms with E-state index in [4.69, 9.17) is 4.42 Å². The lowest BCUT2D eigenvalue weighted by atomic mass is 10.1. The molecular weight excluding hydrogens is 198 g/mol. The summed E-state index contributed by atoms with van der Waals surface area (Å²) in [5.41, 5.74) is 3.13. The van der Waals surface area contributed by atoms with E-state index in [9.17, 15) is 0 Å². The average molecular weight is 217 g/mol. The van der Waals surface area contributed by atoms with E-state index >= 15 is 0 Å². The van der Waals surface area contributed by atoms with Crippen LogP contribution in [-0.2, 0) is 6.42 Å². The molecule has 1 aromatic heterocycles. The molecular formula is C14H19NO. The van der Waals surface area contributed by atoms with E-state index in [1.807, 2.05) is 6.07 Å². The second-order valence-electron chi connectivity index (χ2n) is 4.39. The molecule has 0 saturated heterocycles. The van der Waals surface area contributed by atoms with E-state index in [0.717, 1.165) is 23.4 Å². The molecule has 2 rings (SSSR count). The normalized spacial score (nSPS) is 11.1. The molecule has 16 heavy (non-hydrogen) atoms. The summed E-state index contributed by atoms with van der Waals surface area (Å²) in [6, 6.07) is 6.16. The number of aromatic nitrogens is 1. The van der Waals surface area contributed by atoms with E-state index in [1.165, 1.54) is 31.2 Å². The highest BCUT2D eigenvalue weighted by molar-refractivity contribution is 5.73. The van der Waals surface area contributed by atoms with Crippen LogP contribution in [0.15, 0.2) is 22.6 Å². The molecule has 0 spiro atoms. The molecule has 0 N–H and O–H groups in total. The smallest absolute Gasteiger partial charge is 0.195 e. The van der Waals surface area contributed by atoms with Crippen LogP contribution in [0.25, 0.3) is 11.1 Å². The molecule has 0 atom stereocenters. The lowest BCUT2D eigenvalue weighted by molar-refractivity contribution is 0.509. The predicted octanol–water partition coefficient (Wildman–Crippen LogP) is 4.26. The van der Waals surface area contributed by atoms with Gasteiger partial charge in [-0.2, -0.15) is 0 Å². The number of benzene rings is 1. The molecule has 86 valence electrons. The van der Waals surface area contributed by atoms with Gasteiger partial charge in [0, 0.05) is 6.42 Å². The van der Waals surface area contributed by atoms with Gasteiger partial charge < -0.3 is 4.42 Å². The van der Waals surface area contributed by atoms with E-state index in [-0.39, 0.29) is 0 Å². The number of fused-ring (bicyclic) bond motifs is 1. The van der Waals surface area contributed by atoms with Gasteiger partial charge >= 0.3 is 0 Å². The Balaban J connectivity index is 2.02. The van der Waals surface area contributed by atoms with Crippen molar-refractivity contribution in [3.8, 4) is 0 Å². The van der Waals surface area contributed by atoms with E-state index < -0.39 is 0 Å². The maximum atomic E-state index is 5.72. The van der Waals surface area contributed by atoms with Crippen molar-refractivity contribution in [3.05, 3.63) is 29.7 Å². The van der Waals surface area contributed by atoms with Crippen molar-refractivity contribution < 1.29 is 4.42 Å². The minimum atomic E-state index is 0.886. The molecule has 2 heteroatoms. The molecule has 0 aliphatic heterocycles. The molecule has 0 saturated carbocycles. The minimum absolute atomic E-state index is 0.886. The predicted molar refractivity (Wildman–Crippen MR) is 66.6 cm³/mol. The Labute approximate surface area is 96.7 Å². The Hall–Kier alpha value is -1.31. The zero-order valence-corrected chi connectivity index (χ0v) is 10.1. The molecule has 0 unspecified atom stereocenters. The fourth-order valence-electron chi connectivity index (χ4n) is 1.89. The summed E-state index contributed by atoms with van der Waals surface area (Å²) in [6.07, 6.45) is 5.99. The van der Waals surface area contributed by atoms with Gasteiger partial charge in [0.2, 0.25) is 0 Å². The van der Waals surface area contributed by atoms with Gasteiger partial charge in [0.15, 0.2) is 11.5 Å². The summed E-state index contributed by atoms with van der Waals surface area (Å²) in [4.78, 5) is 4.48. The molecule has 1 heterocycles. The summed E-state index contributed by atoms with van der Waals surface area (Å²) in [6.45, 7) is 4.30. The number of oxazole rings is 1. The number of aryl methyl sites for hydroxylation is 2. The van der Waals surface area contributed by atoms with Gasteiger partial charge in [-0.25, -0.2) is 4.98 Å². The molecule has 2 nitrogen and oxygen atoms in total. The number of unbranched alkanes of at least 4 members (excludes halogenated alkanes) is 3. The zero-order valence-electron chi connectivity index (χ0n) is 10.1. The van der Waals surface area contributed by atoms with Crippen LogP contribution in [0.5, 0.6) is 0 Å². The monoisotopic (exact) mass is 217 g/mol. The van der Waals surface area contributed by atoms with Crippen molar-refractivity contribution in [2.24, 2.45) is 0 Å². The van der Waals surface area contributed by atoms with Gasteiger partial charge in [0.25, 0.3) is 0 Å². The maximum Gasteiger partial charge on any atom is 0.195 e. The molecule has 0 fully saturated rings. The summed E-state index contributed by atoms with van der Waals surface area (Å²) in [7, 11) is 0. The Morgan fingerprint density at radius 1 is 1.19 bits per heavy atom. The summed E-state index contributed by atoms with van der Waals surface area (Å²) < 4.78 is 5.72.